The highest BCUT2D eigenvalue weighted by Crippen LogP contribution is 2.34. The Balaban J connectivity index is 1.87. The zero-order valence-electron chi connectivity index (χ0n) is 17.6. The predicted octanol–water partition coefficient (Wildman–Crippen LogP) is 4.44. The highest BCUT2D eigenvalue weighted by atomic mass is 19.4. The van der Waals surface area contributed by atoms with Crippen LogP contribution in [0.25, 0.3) is 0 Å². The molecule has 0 unspecified atom stereocenters. The van der Waals surface area contributed by atoms with Crippen molar-refractivity contribution >= 4 is 11.6 Å². The van der Waals surface area contributed by atoms with E-state index >= 15 is 0 Å². The van der Waals surface area contributed by atoms with Gasteiger partial charge in [-0.05, 0) is 48.0 Å². The number of hydrogen-bond donors (Lipinski definition) is 2. The second-order valence-electron chi connectivity index (χ2n) is 7.44. The fourth-order valence-corrected chi connectivity index (χ4v) is 3.16. The second-order valence-corrected chi connectivity index (χ2v) is 7.44. The van der Waals surface area contributed by atoms with Gasteiger partial charge in [0.2, 0.25) is 0 Å². The van der Waals surface area contributed by atoms with Crippen molar-refractivity contribution in [3.05, 3.63) is 95.1 Å². The Morgan fingerprint density at radius 1 is 0.971 bits per heavy atom. The van der Waals surface area contributed by atoms with Gasteiger partial charge in [0, 0.05) is 12.1 Å². The van der Waals surface area contributed by atoms with Crippen molar-refractivity contribution in [2.75, 3.05) is 11.9 Å². The zero-order valence-corrected chi connectivity index (χ0v) is 17.6. The van der Waals surface area contributed by atoms with E-state index < -0.39 is 35.4 Å². The van der Waals surface area contributed by atoms with Gasteiger partial charge in [0.05, 0.1) is 28.8 Å². The molecule has 0 aliphatic carbocycles. The first-order valence-electron chi connectivity index (χ1n) is 9.97. The molecule has 6 nitrogen and oxygen atoms in total. The van der Waals surface area contributed by atoms with Gasteiger partial charge < -0.3 is 15.2 Å². The lowest BCUT2D eigenvalue weighted by atomic mass is 9.94. The maximum absolute atomic E-state index is 13.3. The smallest absolute Gasteiger partial charge is 0.417 e. The van der Waals surface area contributed by atoms with E-state index in [0.717, 1.165) is 12.1 Å². The minimum Gasteiger partial charge on any atom is -0.490 e. The lowest BCUT2D eigenvalue weighted by molar-refractivity contribution is -0.138. The van der Waals surface area contributed by atoms with Crippen LogP contribution < -0.4 is 10.1 Å². The number of nitrogens with one attached hydrogen (secondary N) is 1. The fraction of sp³-hybridized carbons (Fsp3) is 0.160. The number of ether oxygens (including phenoxy) is 1. The van der Waals surface area contributed by atoms with Crippen molar-refractivity contribution in [3.8, 4) is 17.9 Å². The fourth-order valence-electron chi connectivity index (χ4n) is 3.16. The largest absolute Gasteiger partial charge is 0.490 e. The number of halogens is 3. The topological polar surface area (TPSA) is 106 Å². The van der Waals surface area contributed by atoms with Crippen molar-refractivity contribution in [2.24, 2.45) is 0 Å². The molecule has 0 aliphatic heterocycles. The number of alkyl halides is 3. The van der Waals surface area contributed by atoms with Gasteiger partial charge in [0.25, 0.3) is 5.91 Å². The average molecular weight is 465 g/mol. The highest BCUT2D eigenvalue weighted by Gasteiger charge is 2.38. The summed E-state index contributed by atoms with van der Waals surface area (Å²) >= 11 is 0. The molecule has 3 aromatic rings. The minimum atomic E-state index is -4.80. The van der Waals surface area contributed by atoms with E-state index in [-0.39, 0.29) is 17.9 Å². The normalized spacial score (nSPS) is 12.6. The molecule has 172 valence electrons. The van der Waals surface area contributed by atoms with Crippen molar-refractivity contribution in [1.82, 2.24) is 0 Å². The third kappa shape index (κ3) is 5.91. The van der Waals surface area contributed by atoms with E-state index in [1.54, 1.807) is 30.3 Å². The quantitative estimate of drug-likeness (QED) is 0.537. The summed E-state index contributed by atoms with van der Waals surface area (Å²) < 4.78 is 45.4. The Morgan fingerprint density at radius 3 is 2.24 bits per heavy atom. The average Bonchev–Trinajstić information content (AvgIpc) is 2.83. The number of amides is 1. The number of nitriles is 2. The van der Waals surface area contributed by atoms with E-state index in [4.69, 9.17) is 15.3 Å². The van der Waals surface area contributed by atoms with Gasteiger partial charge in [-0.2, -0.15) is 23.7 Å². The van der Waals surface area contributed by atoms with E-state index in [1.165, 1.54) is 30.3 Å². The number of hydrogen-bond acceptors (Lipinski definition) is 5. The summed E-state index contributed by atoms with van der Waals surface area (Å²) in [5.41, 5.74) is -3.18. The summed E-state index contributed by atoms with van der Waals surface area (Å²) in [4.78, 5) is 13.0. The van der Waals surface area contributed by atoms with Crippen LogP contribution in [0.5, 0.6) is 5.75 Å². The van der Waals surface area contributed by atoms with E-state index in [1.807, 2.05) is 6.07 Å². The molecular weight excluding hydrogens is 447 g/mol. The van der Waals surface area contributed by atoms with Gasteiger partial charge in [-0.25, -0.2) is 0 Å². The van der Waals surface area contributed by atoms with Gasteiger partial charge >= 0.3 is 6.18 Å². The van der Waals surface area contributed by atoms with Crippen LogP contribution in [0.3, 0.4) is 0 Å². The number of anilines is 1. The maximum atomic E-state index is 13.3. The van der Waals surface area contributed by atoms with Crippen LogP contribution >= 0.6 is 0 Å². The highest BCUT2D eigenvalue weighted by molar-refractivity contribution is 5.97. The molecule has 0 fully saturated rings. The third-order valence-corrected chi connectivity index (χ3v) is 4.93. The van der Waals surface area contributed by atoms with Crippen LogP contribution in [0.1, 0.15) is 22.3 Å². The number of nitrogens with zero attached hydrogens (tertiary/aromatic N) is 2. The first-order valence-corrected chi connectivity index (χ1v) is 9.97. The van der Waals surface area contributed by atoms with Gasteiger partial charge in [0.15, 0.2) is 5.60 Å². The summed E-state index contributed by atoms with van der Waals surface area (Å²) in [7, 11) is 0. The second kappa shape index (κ2) is 10.1. The van der Waals surface area contributed by atoms with Crippen LogP contribution in [0, 0.1) is 22.7 Å². The Hall–Kier alpha value is -4.34. The molecule has 0 bridgehead atoms. The van der Waals surface area contributed by atoms with Crippen molar-refractivity contribution in [1.29, 1.82) is 10.5 Å². The molecule has 0 saturated heterocycles. The van der Waals surface area contributed by atoms with E-state index in [9.17, 15) is 23.1 Å². The maximum Gasteiger partial charge on any atom is 0.417 e. The third-order valence-electron chi connectivity index (χ3n) is 4.93. The predicted molar refractivity (Wildman–Crippen MR) is 117 cm³/mol. The molecule has 0 spiro atoms. The summed E-state index contributed by atoms with van der Waals surface area (Å²) in [6.07, 6.45) is -4.98. The van der Waals surface area contributed by atoms with E-state index in [2.05, 4.69) is 5.32 Å². The molecule has 3 aromatic carbocycles. The Bertz CT molecular complexity index is 1250. The molecule has 1 amide bonds. The molecule has 1 atom stereocenters. The van der Waals surface area contributed by atoms with E-state index in [0.29, 0.717) is 17.2 Å². The number of benzene rings is 3. The van der Waals surface area contributed by atoms with Crippen LogP contribution in [0.2, 0.25) is 0 Å². The molecule has 9 heteroatoms. The van der Waals surface area contributed by atoms with Gasteiger partial charge in [-0.1, -0.05) is 30.3 Å². The molecule has 3 rings (SSSR count). The van der Waals surface area contributed by atoms with Gasteiger partial charge in [0.1, 0.15) is 12.4 Å². The standard InChI is InChI=1S/C25H18F3N3O3/c26-25(27,28)22-12-20(9-8-19(22)15-30)31-23(32)24(33,13-17-4-2-1-3-5-17)16-34-21-10-6-18(14-29)7-11-21/h1-12,33H,13,16H2,(H,31,32)/t24-/m0/s1. The molecule has 0 radical (unpaired) electrons. The molecule has 2 N–H and O–H groups in total. The van der Waals surface area contributed by atoms with Gasteiger partial charge in [-0.3, -0.25) is 4.79 Å². The van der Waals surface area contributed by atoms with Crippen LogP contribution in [0.4, 0.5) is 18.9 Å². The molecule has 0 aromatic heterocycles. The Labute approximate surface area is 193 Å². The van der Waals surface area contributed by atoms with Crippen molar-refractivity contribution in [3.63, 3.8) is 0 Å². The van der Waals surface area contributed by atoms with Crippen LogP contribution in [-0.4, -0.2) is 23.2 Å². The van der Waals surface area contributed by atoms with Crippen LogP contribution in [-0.2, 0) is 17.4 Å². The van der Waals surface area contributed by atoms with Crippen molar-refractivity contribution in [2.45, 2.75) is 18.2 Å². The summed E-state index contributed by atoms with van der Waals surface area (Å²) in [6, 6.07) is 20.7. The number of rotatable bonds is 7. The molecule has 0 aliphatic rings. The number of aliphatic hydroxyl groups is 1. The first kappa shape index (κ1) is 24.3. The van der Waals surface area contributed by atoms with Crippen LogP contribution in [0.15, 0.2) is 72.8 Å². The SMILES string of the molecule is N#Cc1ccc(OC[C@@](O)(Cc2ccccc2)C(=O)Nc2ccc(C#N)c(C(F)(F)F)c2)cc1. The molecular formula is C25H18F3N3O3. The summed E-state index contributed by atoms with van der Waals surface area (Å²) in [5.74, 6) is -0.696. The molecule has 0 heterocycles. The first-order chi connectivity index (χ1) is 16.1. The Kier molecular flexibility index (Phi) is 7.20. The lowest BCUT2D eigenvalue weighted by Gasteiger charge is -2.27. The van der Waals surface area contributed by atoms with Gasteiger partial charge in [-0.15, -0.1) is 0 Å². The monoisotopic (exact) mass is 465 g/mol. The zero-order chi connectivity index (χ0) is 24.8. The molecule has 34 heavy (non-hydrogen) atoms. The summed E-state index contributed by atoms with van der Waals surface area (Å²) in [6.45, 7) is -0.512. The van der Waals surface area contributed by atoms with Crippen molar-refractivity contribution < 1.29 is 27.8 Å². The Morgan fingerprint density at radius 2 is 1.65 bits per heavy atom. The minimum absolute atomic E-state index is 0.182. The lowest BCUT2D eigenvalue weighted by Crippen LogP contribution is -2.49. The number of carbonyl (C=O) groups excluding carboxylic acids is 1. The number of carbonyl (C=O) groups is 1. The summed E-state index contributed by atoms with van der Waals surface area (Å²) in [5, 5.41) is 31.4. The molecule has 0 saturated carbocycles.